The Hall–Kier alpha value is -2.77. The van der Waals surface area contributed by atoms with Crippen molar-refractivity contribution in [2.75, 3.05) is 17.8 Å². The Morgan fingerprint density at radius 2 is 1.81 bits per heavy atom. The first-order valence-corrected chi connectivity index (χ1v) is 11.3. The van der Waals surface area contributed by atoms with E-state index in [-0.39, 0.29) is 6.04 Å². The molecule has 2 heterocycles. The SMILES string of the molecule is COC(=O)C1=C(C)N=C2SC[C@](O)(N(c3ccccc3)C(C)C)N2[C@H]1c1ccccc1. The molecular weight excluding hydrogens is 410 g/mol. The highest BCUT2D eigenvalue weighted by molar-refractivity contribution is 8.14. The van der Waals surface area contributed by atoms with Crippen molar-refractivity contribution in [1.29, 1.82) is 0 Å². The lowest BCUT2D eigenvalue weighted by Gasteiger charge is -2.50. The Morgan fingerprint density at radius 3 is 2.39 bits per heavy atom. The number of aliphatic hydroxyl groups is 1. The van der Waals surface area contributed by atoms with E-state index in [2.05, 4.69) is 13.8 Å². The number of benzene rings is 2. The van der Waals surface area contributed by atoms with E-state index in [1.54, 1.807) is 0 Å². The maximum atomic E-state index is 12.9. The second-order valence-corrected chi connectivity index (χ2v) is 8.87. The smallest absolute Gasteiger partial charge is 0.338 e. The van der Waals surface area contributed by atoms with Crippen LogP contribution in [0, 0.1) is 0 Å². The summed E-state index contributed by atoms with van der Waals surface area (Å²) in [6, 6.07) is 19.1. The number of ether oxygens (including phenoxy) is 1. The van der Waals surface area contributed by atoms with Crippen LogP contribution in [-0.4, -0.2) is 45.9 Å². The van der Waals surface area contributed by atoms with Gasteiger partial charge in [0, 0.05) is 11.7 Å². The van der Waals surface area contributed by atoms with E-state index < -0.39 is 17.9 Å². The van der Waals surface area contributed by atoms with Gasteiger partial charge in [0.2, 0.25) is 5.85 Å². The fraction of sp³-hybridized carbons (Fsp3) is 0.333. The molecule has 1 fully saturated rings. The predicted molar refractivity (Wildman–Crippen MR) is 125 cm³/mol. The molecule has 31 heavy (non-hydrogen) atoms. The summed E-state index contributed by atoms with van der Waals surface area (Å²) in [5.41, 5.74) is 2.85. The van der Waals surface area contributed by atoms with Crippen LogP contribution in [-0.2, 0) is 9.53 Å². The lowest BCUT2D eigenvalue weighted by Crippen LogP contribution is -2.64. The fourth-order valence-electron chi connectivity index (χ4n) is 4.40. The van der Waals surface area contributed by atoms with Gasteiger partial charge < -0.3 is 14.7 Å². The lowest BCUT2D eigenvalue weighted by molar-refractivity contribution is -0.138. The molecule has 2 aromatic carbocycles. The van der Waals surface area contributed by atoms with Gasteiger partial charge in [-0.25, -0.2) is 9.79 Å². The molecule has 2 aliphatic heterocycles. The zero-order valence-electron chi connectivity index (χ0n) is 18.1. The molecule has 1 N–H and O–H groups in total. The summed E-state index contributed by atoms with van der Waals surface area (Å²) in [7, 11) is 1.37. The van der Waals surface area contributed by atoms with Gasteiger partial charge >= 0.3 is 5.97 Å². The number of thioether (sulfide) groups is 1. The van der Waals surface area contributed by atoms with Gasteiger partial charge in [-0.2, -0.15) is 0 Å². The molecule has 7 heteroatoms. The molecule has 6 nitrogen and oxygen atoms in total. The molecule has 0 unspecified atom stereocenters. The van der Waals surface area contributed by atoms with Gasteiger partial charge in [-0.1, -0.05) is 60.3 Å². The number of nitrogens with zero attached hydrogens (tertiary/aromatic N) is 3. The standard InChI is InChI=1S/C24H27N3O3S/c1-16(2)26(19-13-9-6-10-14-19)24(29)15-31-23-25-17(3)20(22(28)30-4)21(27(23)24)18-11-7-5-8-12-18/h5-14,16,21,29H,15H2,1-4H3/t21-,24-/m0/s1. The summed E-state index contributed by atoms with van der Waals surface area (Å²) in [4.78, 5) is 21.4. The van der Waals surface area contributed by atoms with Crippen LogP contribution in [0.15, 0.2) is 76.9 Å². The quantitative estimate of drug-likeness (QED) is 0.560. The molecule has 0 amide bonds. The minimum atomic E-state index is -1.39. The zero-order chi connectivity index (χ0) is 22.2. The summed E-state index contributed by atoms with van der Waals surface area (Å²) >= 11 is 1.50. The van der Waals surface area contributed by atoms with Gasteiger partial charge in [0.1, 0.15) is 0 Å². The molecule has 0 aliphatic carbocycles. The Balaban J connectivity index is 1.91. The summed E-state index contributed by atoms with van der Waals surface area (Å²) < 4.78 is 5.13. The number of para-hydroxylation sites is 1. The number of aliphatic imine (C=N–C) groups is 1. The van der Waals surface area contributed by atoms with E-state index in [9.17, 15) is 9.90 Å². The van der Waals surface area contributed by atoms with E-state index in [4.69, 9.17) is 9.73 Å². The Morgan fingerprint density at radius 1 is 1.19 bits per heavy atom. The molecule has 0 bridgehead atoms. The topological polar surface area (TPSA) is 65.4 Å². The molecule has 2 aliphatic rings. The Bertz CT molecular complexity index is 1020. The van der Waals surface area contributed by atoms with Gasteiger partial charge in [0.05, 0.1) is 30.2 Å². The van der Waals surface area contributed by atoms with Crippen molar-refractivity contribution >= 4 is 28.6 Å². The number of allylic oxidation sites excluding steroid dienone is 1. The number of amidine groups is 1. The van der Waals surface area contributed by atoms with Crippen LogP contribution in [0.4, 0.5) is 5.69 Å². The zero-order valence-corrected chi connectivity index (χ0v) is 19.0. The number of hydrogen-bond acceptors (Lipinski definition) is 7. The van der Waals surface area contributed by atoms with Crippen molar-refractivity contribution < 1.29 is 14.6 Å². The number of fused-ring (bicyclic) bond motifs is 1. The van der Waals surface area contributed by atoms with E-state index in [1.165, 1.54) is 18.9 Å². The predicted octanol–water partition coefficient (Wildman–Crippen LogP) is 4.15. The number of methoxy groups -OCH3 is 1. The van der Waals surface area contributed by atoms with Crippen molar-refractivity contribution in [3.05, 3.63) is 77.5 Å². The van der Waals surface area contributed by atoms with Gasteiger partial charge in [-0.05, 0) is 38.5 Å². The third-order valence-corrected chi connectivity index (χ3v) is 6.71. The maximum Gasteiger partial charge on any atom is 0.338 e. The van der Waals surface area contributed by atoms with Crippen molar-refractivity contribution in [3.8, 4) is 0 Å². The first kappa shape index (κ1) is 21.5. The monoisotopic (exact) mass is 437 g/mol. The van der Waals surface area contributed by atoms with Crippen molar-refractivity contribution in [2.24, 2.45) is 4.99 Å². The number of anilines is 1. The number of hydrogen-bond donors (Lipinski definition) is 1. The van der Waals surface area contributed by atoms with Gasteiger partial charge in [-0.3, -0.25) is 4.90 Å². The normalized spacial score (nSPS) is 23.0. The first-order chi connectivity index (χ1) is 14.9. The summed E-state index contributed by atoms with van der Waals surface area (Å²) in [6.45, 7) is 5.92. The molecule has 1 saturated heterocycles. The van der Waals surface area contributed by atoms with Crippen LogP contribution < -0.4 is 4.90 Å². The van der Waals surface area contributed by atoms with E-state index >= 15 is 0 Å². The summed E-state index contributed by atoms with van der Waals surface area (Å²) in [5.74, 6) is -1.44. The molecule has 0 aromatic heterocycles. The van der Waals surface area contributed by atoms with Crippen LogP contribution in [0.25, 0.3) is 0 Å². The van der Waals surface area contributed by atoms with Crippen molar-refractivity contribution in [1.82, 2.24) is 4.90 Å². The highest BCUT2D eigenvalue weighted by Crippen LogP contribution is 2.48. The van der Waals surface area contributed by atoms with Crippen LogP contribution in [0.1, 0.15) is 32.4 Å². The average Bonchev–Trinajstić information content (AvgIpc) is 3.09. The maximum absolute atomic E-state index is 12.9. The Kier molecular flexibility index (Phi) is 5.81. The van der Waals surface area contributed by atoms with E-state index in [0.717, 1.165) is 11.3 Å². The van der Waals surface area contributed by atoms with Gasteiger partial charge in [0.25, 0.3) is 0 Å². The van der Waals surface area contributed by atoms with Crippen LogP contribution in [0.5, 0.6) is 0 Å². The molecular formula is C24H27N3O3S. The number of carbonyl (C=O) groups is 1. The average molecular weight is 438 g/mol. The minimum Gasteiger partial charge on any atom is -0.466 e. The highest BCUT2D eigenvalue weighted by Gasteiger charge is 2.55. The molecule has 2 atom stereocenters. The second kappa shape index (κ2) is 8.40. The second-order valence-electron chi connectivity index (χ2n) is 7.93. The minimum absolute atomic E-state index is 0.00245. The largest absolute Gasteiger partial charge is 0.466 e. The summed E-state index contributed by atoms with van der Waals surface area (Å²) in [5, 5.41) is 12.9. The third kappa shape index (κ3) is 3.62. The molecule has 2 aromatic rings. The fourth-order valence-corrected chi connectivity index (χ4v) is 5.59. The van der Waals surface area contributed by atoms with Gasteiger partial charge in [0.15, 0.2) is 5.17 Å². The number of rotatable bonds is 5. The van der Waals surface area contributed by atoms with Crippen molar-refractivity contribution in [3.63, 3.8) is 0 Å². The Labute approximate surface area is 187 Å². The third-order valence-electron chi connectivity index (χ3n) is 5.63. The molecule has 4 rings (SSSR count). The van der Waals surface area contributed by atoms with Crippen LogP contribution >= 0.6 is 11.8 Å². The van der Waals surface area contributed by atoms with Crippen LogP contribution in [0.3, 0.4) is 0 Å². The lowest BCUT2D eigenvalue weighted by atomic mass is 9.93. The molecule has 162 valence electrons. The number of esters is 1. The highest BCUT2D eigenvalue weighted by atomic mass is 32.2. The van der Waals surface area contributed by atoms with Crippen LogP contribution in [0.2, 0.25) is 0 Å². The summed E-state index contributed by atoms with van der Waals surface area (Å²) in [6.07, 6.45) is 0. The molecule has 0 radical (unpaired) electrons. The molecule has 0 saturated carbocycles. The van der Waals surface area contributed by atoms with E-state index in [0.29, 0.717) is 22.2 Å². The first-order valence-electron chi connectivity index (χ1n) is 10.3. The number of carbonyl (C=O) groups excluding carboxylic acids is 1. The molecule has 0 spiro atoms. The van der Waals surface area contributed by atoms with E-state index in [1.807, 2.05) is 77.4 Å². The van der Waals surface area contributed by atoms with Gasteiger partial charge in [-0.15, -0.1) is 0 Å². The van der Waals surface area contributed by atoms with Crippen molar-refractivity contribution in [2.45, 2.75) is 38.7 Å².